The Labute approximate surface area is 568 Å². The Kier molecular flexibility index (Phi) is 36.5. The average molecular weight is 1320 g/mol. The third-order valence-electron chi connectivity index (χ3n) is 19.2. The summed E-state index contributed by atoms with van der Waals surface area (Å²) in [5, 5.41) is 39.6. The number of aliphatic imine (C=N–C) groups is 2. The number of methoxy groups -OCH3 is 1. The SMILES string of the molecule is C=CC1=C(C)C2=NC1Cc1[nH]c(c(CC)c1C)/C=c1\[nH]c3c(c1C)C(=O)C(C(=O)OC)C=3C1=NC(=C2)C(C)C1CCC(=O)NCCN(CCNCCN(CCN)CCNCCNC)CCN(CCNCCNCCNC)CCNCCN(CCNCCN)CCNCCNC. The third kappa shape index (κ3) is 24.4. The Bertz CT molecular complexity index is 2930. The summed E-state index contributed by atoms with van der Waals surface area (Å²) in [6, 6.07) is -0.140. The lowest BCUT2D eigenvalue weighted by Gasteiger charge is -2.29. The number of aromatic amines is 2. The van der Waals surface area contributed by atoms with Crippen LogP contribution in [-0.4, -0.2) is 302 Å². The Balaban J connectivity index is 1.19. The van der Waals surface area contributed by atoms with Crippen molar-refractivity contribution in [1.29, 1.82) is 0 Å². The lowest BCUT2D eigenvalue weighted by molar-refractivity contribution is -0.141. The van der Waals surface area contributed by atoms with E-state index < -0.39 is 11.9 Å². The van der Waals surface area contributed by atoms with Crippen molar-refractivity contribution in [3.8, 4) is 0 Å². The van der Waals surface area contributed by atoms with Gasteiger partial charge in [-0.25, -0.2) is 0 Å². The maximum atomic E-state index is 14.8. The number of carbonyl (C=O) groups is 3. The van der Waals surface area contributed by atoms with Crippen LogP contribution in [0.1, 0.15) is 72.0 Å². The van der Waals surface area contributed by atoms with E-state index in [1.165, 1.54) is 18.2 Å². The number of esters is 1. The number of aromatic nitrogens is 2. The molecule has 17 N–H and O–H groups in total. The monoisotopic (exact) mass is 1320 g/mol. The van der Waals surface area contributed by atoms with Crippen LogP contribution in [0.15, 0.2) is 45.6 Å². The number of H-pyrrole nitrogens is 2. The highest BCUT2D eigenvalue weighted by Crippen LogP contribution is 2.41. The quantitative estimate of drug-likeness (QED) is 0.0189. The van der Waals surface area contributed by atoms with E-state index >= 15 is 0 Å². The Morgan fingerprint density at radius 1 is 0.653 bits per heavy atom. The third-order valence-corrected chi connectivity index (χ3v) is 19.2. The molecule has 0 aromatic carbocycles. The number of allylic oxidation sites excluding steroid dienone is 3. The lowest BCUT2D eigenvalue weighted by atomic mass is 9.81. The first kappa shape index (κ1) is 78.8. The topological polar surface area (TPSA) is 314 Å². The molecule has 5 heterocycles. The number of nitrogens with zero attached hydrogens (tertiary/aromatic N) is 6. The van der Waals surface area contributed by atoms with Crippen LogP contribution in [0.4, 0.5) is 0 Å². The number of carbonyl (C=O) groups excluding carboxylic acids is 3. The van der Waals surface area contributed by atoms with Gasteiger partial charge in [0.2, 0.25) is 5.91 Å². The molecule has 4 unspecified atom stereocenters. The first-order valence-electron chi connectivity index (χ1n) is 35.7. The van der Waals surface area contributed by atoms with Gasteiger partial charge in [0.25, 0.3) is 0 Å². The number of hydrogen-bond acceptors (Lipinski definition) is 22. The van der Waals surface area contributed by atoms with Gasteiger partial charge in [0.05, 0.1) is 29.9 Å². The molecule has 3 aliphatic heterocycles. The van der Waals surface area contributed by atoms with Gasteiger partial charge in [-0.2, -0.15) is 0 Å². The highest BCUT2D eigenvalue weighted by Gasteiger charge is 2.47. The van der Waals surface area contributed by atoms with Gasteiger partial charge in [0.15, 0.2) is 5.78 Å². The van der Waals surface area contributed by atoms with Crippen LogP contribution in [-0.2, 0) is 27.2 Å². The molecule has 6 rings (SSSR count). The van der Waals surface area contributed by atoms with Gasteiger partial charge >= 0.3 is 5.97 Å². The van der Waals surface area contributed by atoms with Crippen LogP contribution in [0.5, 0.6) is 0 Å². The van der Waals surface area contributed by atoms with Gasteiger partial charge < -0.3 is 84.7 Å². The standard InChI is InChI=1S/C70H125N21O4/c1-11-54-50(3)57-47-59-52(5)56(67(86-59)65-66(70(94)95-10)69(93)64-53(6)60(87-68(64)65)49-62-55(12-2)51(4)58(85-62)48-61(54)84-57)13-14-63(92)83-34-44-91(43-33-81-30-37-88(35-16-72)36-27-78-22-19-74-8)46-45-90(41-29-80-25-24-77-21-18-73-7)42-32-82-31-40-89(38-26-76-17-15-71)39-28-79-23-20-75-9/h11,47,49,52,56,61,66,73-82,85,87H,1,12-46,48,71-72H2,2-10H3,(H,83,92)/b59-47?,60-49-. The van der Waals surface area contributed by atoms with Crippen LogP contribution in [0, 0.1) is 31.6 Å². The summed E-state index contributed by atoms with van der Waals surface area (Å²) in [5.74, 6) is -2.69. The summed E-state index contributed by atoms with van der Waals surface area (Å²) in [6.07, 6.45) is 8.24. The number of rotatable bonds is 52. The van der Waals surface area contributed by atoms with Gasteiger partial charge in [-0.15, -0.1) is 0 Å². The number of nitrogens with two attached hydrogens (primary N) is 2. The minimum absolute atomic E-state index is 0.0598. The van der Waals surface area contributed by atoms with E-state index in [4.69, 9.17) is 26.2 Å². The first-order chi connectivity index (χ1) is 46.3. The smallest absolute Gasteiger partial charge is 0.321 e. The molecule has 4 atom stereocenters. The number of ketones is 1. The first-order valence-corrected chi connectivity index (χ1v) is 35.7. The van der Waals surface area contributed by atoms with Crippen molar-refractivity contribution in [3.63, 3.8) is 0 Å². The lowest BCUT2D eigenvalue weighted by Crippen LogP contribution is -2.46. The van der Waals surface area contributed by atoms with Crippen LogP contribution in [0.2, 0.25) is 0 Å². The van der Waals surface area contributed by atoms with Crippen LogP contribution in [0.3, 0.4) is 0 Å². The van der Waals surface area contributed by atoms with Crippen molar-refractivity contribution < 1.29 is 19.1 Å². The molecule has 2 aromatic rings. The Morgan fingerprint density at radius 2 is 1.15 bits per heavy atom. The molecule has 0 radical (unpaired) electrons. The maximum absolute atomic E-state index is 14.8. The number of likely N-dealkylation sites (N-methyl/N-ethyl adjacent to an activating group) is 3. The van der Waals surface area contributed by atoms with Gasteiger partial charge in [-0.05, 0) is 94.7 Å². The summed E-state index contributed by atoms with van der Waals surface area (Å²) in [4.78, 5) is 71.2. The predicted octanol–water partition coefficient (Wildman–Crippen LogP) is -2.23. The second-order valence-electron chi connectivity index (χ2n) is 25.6. The normalized spacial score (nSPS) is 18.1. The average Bonchev–Trinajstić information content (AvgIpc) is 1.57. The van der Waals surface area contributed by atoms with E-state index in [2.05, 4.69) is 134 Å². The summed E-state index contributed by atoms with van der Waals surface area (Å²) >= 11 is 0. The van der Waals surface area contributed by atoms with Crippen LogP contribution >= 0.6 is 0 Å². The van der Waals surface area contributed by atoms with Gasteiger partial charge in [0, 0.05) is 268 Å². The largest absolute Gasteiger partial charge is 0.468 e. The molecule has 2 aromatic heterocycles. The summed E-state index contributed by atoms with van der Waals surface area (Å²) in [5.41, 5.74) is 22.5. The van der Waals surface area contributed by atoms with E-state index in [-0.39, 0.29) is 36.0 Å². The van der Waals surface area contributed by atoms with Gasteiger partial charge in [0.1, 0.15) is 5.92 Å². The molecule has 8 bridgehead atoms. The number of ether oxygens (including phenoxy) is 1. The molecule has 1 aliphatic carbocycles. The van der Waals surface area contributed by atoms with Gasteiger partial charge in [-0.1, -0.05) is 26.5 Å². The second-order valence-corrected chi connectivity index (χ2v) is 25.6. The zero-order valence-electron chi connectivity index (χ0n) is 59.7. The van der Waals surface area contributed by atoms with Gasteiger partial charge in [-0.3, -0.25) is 44.0 Å². The molecule has 0 spiro atoms. The Hall–Kier alpha value is -5.17. The highest BCUT2D eigenvalue weighted by molar-refractivity contribution is 6.35. The molecule has 25 heteroatoms. The van der Waals surface area contributed by atoms with Crippen LogP contribution in [0.25, 0.3) is 11.6 Å². The Morgan fingerprint density at radius 3 is 1.65 bits per heavy atom. The van der Waals surface area contributed by atoms with Crippen molar-refractivity contribution in [2.24, 2.45) is 39.2 Å². The fraction of sp³-hybridized carbons (Fsp3) is 0.700. The van der Waals surface area contributed by atoms with E-state index in [9.17, 15) is 14.4 Å². The number of fused-ring (bicyclic) bond motifs is 6. The zero-order chi connectivity index (χ0) is 68.3. The maximum Gasteiger partial charge on any atom is 0.321 e. The number of amides is 1. The fourth-order valence-corrected chi connectivity index (χ4v) is 13.4. The van der Waals surface area contributed by atoms with E-state index in [1.54, 1.807) is 0 Å². The zero-order valence-corrected chi connectivity index (χ0v) is 59.7. The molecule has 4 aliphatic rings. The van der Waals surface area contributed by atoms with Crippen molar-refractivity contribution in [3.05, 3.63) is 79.9 Å². The summed E-state index contributed by atoms with van der Waals surface area (Å²) in [6.45, 7) is 42.4. The number of hydrogen-bond donors (Lipinski definition) is 15. The van der Waals surface area contributed by atoms with Crippen LogP contribution < -0.4 is 80.7 Å². The molecule has 1 amide bonds. The molecule has 0 saturated heterocycles. The number of Topliss-reactive ketones (excluding diaryl/α,β-unsaturated/α-hetero) is 1. The fourth-order valence-electron chi connectivity index (χ4n) is 13.4. The highest BCUT2D eigenvalue weighted by atomic mass is 16.5. The minimum atomic E-state index is -1.20. The number of nitrogens with one attached hydrogen (secondary N) is 13. The van der Waals surface area contributed by atoms with E-state index in [0.29, 0.717) is 61.2 Å². The van der Waals surface area contributed by atoms with Crippen molar-refractivity contribution in [2.75, 3.05) is 238 Å². The molecule has 95 heavy (non-hydrogen) atoms. The molecule has 534 valence electrons. The molecule has 0 saturated carbocycles. The van der Waals surface area contributed by atoms with Crippen molar-refractivity contribution >= 4 is 40.7 Å². The minimum Gasteiger partial charge on any atom is -0.468 e. The molecular formula is C70H125N21O4. The van der Waals surface area contributed by atoms with Crippen molar-refractivity contribution in [2.45, 2.75) is 66.3 Å². The molecule has 0 fully saturated rings. The van der Waals surface area contributed by atoms with E-state index in [1.807, 2.05) is 34.1 Å². The summed E-state index contributed by atoms with van der Waals surface area (Å²) in [7, 11) is 7.26. The molecular weight excluding hydrogens is 1200 g/mol. The summed E-state index contributed by atoms with van der Waals surface area (Å²) < 4.78 is 5.41. The van der Waals surface area contributed by atoms with Crippen molar-refractivity contribution in [1.82, 2.24) is 88.1 Å². The second kappa shape index (κ2) is 44.0. The molecule has 25 nitrogen and oxygen atoms in total. The predicted molar refractivity (Wildman–Crippen MR) is 390 cm³/mol. The van der Waals surface area contributed by atoms with E-state index in [0.717, 1.165) is 235 Å².